The largest absolute Gasteiger partial charge is 0.347 e. The maximum absolute atomic E-state index is 13.1. The zero-order chi connectivity index (χ0) is 15.9. The molecule has 1 heterocycles. The van der Waals surface area contributed by atoms with Crippen LogP contribution in [0.2, 0.25) is 0 Å². The number of hydrogen-bond acceptors (Lipinski definition) is 5. The summed E-state index contributed by atoms with van der Waals surface area (Å²) in [6, 6.07) is 6.00. The number of nitrogens with one attached hydrogen (secondary N) is 1. The molecule has 1 aromatic heterocycles. The average molecular weight is 339 g/mol. The summed E-state index contributed by atoms with van der Waals surface area (Å²) in [6.45, 7) is 0.266. The molecule has 1 unspecified atom stereocenters. The van der Waals surface area contributed by atoms with Crippen LogP contribution in [0.5, 0.6) is 0 Å². The van der Waals surface area contributed by atoms with Crippen LogP contribution in [0.1, 0.15) is 33.5 Å². The summed E-state index contributed by atoms with van der Waals surface area (Å²) in [7, 11) is 0. The van der Waals surface area contributed by atoms with Crippen molar-refractivity contribution in [1.82, 2.24) is 10.3 Å². The van der Waals surface area contributed by atoms with Gasteiger partial charge in [-0.3, -0.25) is 4.79 Å². The molecule has 0 bridgehead atoms. The molecular weight excluding hydrogens is 321 g/mol. The molecule has 4 nitrogen and oxygen atoms in total. The maximum Gasteiger partial charge on any atom is 0.271 e. The van der Waals surface area contributed by atoms with E-state index in [-0.39, 0.29) is 24.3 Å². The SMILES string of the molecule is CSCCC(N)c1nc(C(=O)NCc2cccc(F)c2)cs1. The van der Waals surface area contributed by atoms with Crippen LogP contribution < -0.4 is 11.1 Å². The van der Waals surface area contributed by atoms with Crippen molar-refractivity contribution in [1.29, 1.82) is 0 Å². The van der Waals surface area contributed by atoms with E-state index in [0.717, 1.165) is 17.2 Å². The van der Waals surface area contributed by atoms with Gasteiger partial charge in [0.2, 0.25) is 0 Å². The van der Waals surface area contributed by atoms with Gasteiger partial charge in [0.15, 0.2) is 0 Å². The van der Waals surface area contributed by atoms with E-state index in [9.17, 15) is 9.18 Å². The number of halogens is 1. The predicted molar refractivity (Wildman–Crippen MR) is 89.6 cm³/mol. The molecule has 0 radical (unpaired) electrons. The first kappa shape index (κ1) is 16.9. The van der Waals surface area contributed by atoms with Gasteiger partial charge in [0.1, 0.15) is 16.5 Å². The Morgan fingerprint density at radius 1 is 1.55 bits per heavy atom. The first-order chi connectivity index (χ1) is 10.6. The van der Waals surface area contributed by atoms with Crippen LogP contribution in [0.3, 0.4) is 0 Å². The number of nitrogens with two attached hydrogens (primary N) is 1. The smallest absolute Gasteiger partial charge is 0.271 e. The topological polar surface area (TPSA) is 68.0 Å². The second-order valence-corrected chi connectivity index (χ2v) is 6.65. The number of carbonyl (C=O) groups is 1. The third kappa shape index (κ3) is 4.79. The second-order valence-electron chi connectivity index (χ2n) is 4.77. The first-order valence-electron chi connectivity index (χ1n) is 6.82. The molecule has 2 aromatic rings. The minimum atomic E-state index is -0.317. The molecule has 0 aliphatic rings. The van der Waals surface area contributed by atoms with Crippen molar-refractivity contribution in [2.24, 2.45) is 5.73 Å². The fraction of sp³-hybridized carbons (Fsp3) is 0.333. The molecule has 2 rings (SSSR count). The highest BCUT2D eigenvalue weighted by Crippen LogP contribution is 2.20. The van der Waals surface area contributed by atoms with E-state index in [4.69, 9.17) is 5.73 Å². The standard InChI is InChI=1S/C15H18FN3OS2/c1-21-6-5-12(17)15-19-13(9-22-15)14(20)18-8-10-3-2-4-11(16)7-10/h2-4,7,9,12H,5-6,8,17H2,1H3,(H,18,20). The molecule has 0 aliphatic carbocycles. The van der Waals surface area contributed by atoms with Crippen molar-refractivity contribution >= 4 is 29.0 Å². The lowest BCUT2D eigenvalue weighted by Crippen LogP contribution is -2.23. The quantitative estimate of drug-likeness (QED) is 0.814. The van der Waals surface area contributed by atoms with E-state index >= 15 is 0 Å². The lowest BCUT2D eigenvalue weighted by atomic mass is 10.2. The Morgan fingerprint density at radius 3 is 3.09 bits per heavy atom. The molecule has 1 amide bonds. The highest BCUT2D eigenvalue weighted by atomic mass is 32.2. The summed E-state index contributed by atoms with van der Waals surface area (Å²) in [5.41, 5.74) is 7.10. The molecule has 7 heteroatoms. The zero-order valence-electron chi connectivity index (χ0n) is 12.2. The Balaban J connectivity index is 1.91. The molecule has 0 aliphatic heterocycles. The molecule has 1 atom stereocenters. The third-order valence-electron chi connectivity index (χ3n) is 3.05. The van der Waals surface area contributed by atoms with Crippen LogP contribution in [0, 0.1) is 5.82 Å². The Hall–Kier alpha value is -1.44. The Kier molecular flexibility index (Phi) is 6.35. The Morgan fingerprint density at radius 2 is 2.36 bits per heavy atom. The minimum absolute atomic E-state index is 0.137. The van der Waals surface area contributed by atoms with Crippen molar-refractivity contribution in [3.05, 3.63) is 51.7 Å². The van der Waals surface area contributed by atoms with Crippen molar-refractivity contribution in [2.75, 3.05) is 12.0 Å². The van der Waals surface area contributed by atoms with Gasteiger partial charge in [-0.1, -0.05) is 12.1 Å². The molecule has 1 aromatic carbocycles. The Labute approximate surface area is 137 Å². The van der Waals surface area contributed by atoms with Gasteiger partial charge < -0.3 is 11.1 Å². The van der Waals surface area contributed by atoms with E-state index in [1.807, 2.05) is 6.26 Å². The summed E-state index contributed by atoms with van der Waals surface area (Å²) in [5.74, 6) is 0.369. The molecule has 3 N–H and O–H groups in total. The lowest BCUT2D eigenvalue weighted by Gasteiger charge is -2.06. The van der Waals surface area contributed by atoms with Gasteiger partial charge in [0.25, 0.3) is 5.91 Å². The van der Waals surface area contributed by atoms with Gasteiger partial charge in [-0.2, -0.15) is 11.8 Å². The van der Waals surface area contributed by atoms with Crippen molar-refractivity contribution in [2.45, 2.75) is 19.0 Å². The van der Waals surface area contributed by atoms with Crippen molar-refractivity contribution in [3.8, 4) is 0 Å². The maximum atomic E-state index is 13.1. The number of thioether (sulfide) groups is 1. The summed E-state index contributed by atoms with van der Waals surface area (Å²) in [5, 5.41) is 5.20. The fourth-order valence-corrected chi connectivity index (χ4v) is 3.18. The number of thiazole rings is 1. The van der Waals surface area contributed by atoms with E-state index in [1.54, 1.807) is 29.3 Å². The van der Waals surface area contributed by atoms with Gasteiger partial charge in [0.05, 0.1) is 6.04 Å². The molecule has 118 valence electrons. The fourth-order valence-electron chi connectivity index (χ4n) is 1.85. The van der Waals surface area contributed by atoms with Gasteiger partial charge in [-0.15, -0.1) is 11.3 Å². The third-order valence-corrected chi connectivity index (χ3v) is 4.67. The monoisotopic (exact) mass is 339 g/mol. The number of hydrogen-bond donors (Lipinski definition) is 2. The number of rotatable bonds is 7. The summed E-state index contributed by atoms with van der Waals surface area (Å²) >= 11 is 3.13. The second kappa shape index (κ2) is 8.26. The van der Waals surface area contributed by atoms with E-state index < -0.39 is 0 Å². The van der Waals surface area contributed by atoms with Crippen LogP contribution in [0.25, 0.3) is 0 Å². The van der Waals surface area contributed by atoms with Gasteiger partial charge in [0, 0.05) is 11.9 Å². The molecule has 0 saturated heterocycles. The minimum Gasteiger partial charge on any atom is -0.347 e. The highest BCUT2D eigenvalue weighted by molar-refractivity contribution is 7.98. The first-order valence-corrected chi connectivity index (χ1v) is 9.10. The molecule has 0 fully saturated rings. The zero-order valence-corrected chi connectivity index (χ0v) is 13.8. The lowest BCUT2D eigenvalue weighted by molar-refractivity contribution is 0.0946. The number of carbonyl (C=O) groups excluding carboxylic acids is 1. The van der Waals surface area contributed by atoms with Crippen LogP contribution in [0.4, 0.5) is 4.39 Å². The van der Waals surface area contributed by atoms with Crippen LogP contribution >= 0.6 is 23.1 Å². The van der Waals surface area contributed by atoms with Crippen molar-refractivity contribution < 1.29 is 9.18 Å². The number of nitrogens with zero attached hydrogens (tertiary/aromatic N) is 1. The van der Waals surface area contributed by atoms with Crippen LogP contribution in [-0.2, 0) is 6.54 Å². The van der Waals surface area contributed by atoms with E-state index in [1.165, 1.54) is 23.5 Å². The summed E-state index contributed by atoms with van der Waals surface area (Å²) in [6.07, 6.45) is 2.86. The Bertz CT molecular complexity index is 633. The summed E-state index contributed by atoms with van der Waals surface area (Å²) in [4.78, 5) is 16.3. The van der Waals surface area contributed by atoms with Gasteiger partial charge >= 0.3 is 0 Å². The molecule has 0 saturated carbocycles. The number of aromatic nitrogens is 1. The van der Waals surface area contributed by atoms with E-state index in [0.29, 0.717) is 11.3 Å². The highest BCUT2D eigenvalue weighted by Gasteiger charge is 2.14. The molecular formula is C15H18FN3OS2. The predicted octanol–water partition coefficient (Wildman–Crippen LogP) is 2.97. The molecule has 0 spiro atoms. The van der Waals surface area contributed by atoms with Crippen LogP contribution in [0.15, 0.2) is 29.6 Å². The summed E-state index contributed by atoms with van der Waals surface area (Å²) < 4.78 is 13.1. The normalized spacial score (nSPS) is 12.1. The van der Waals surface area contributed by atoms with Gasteiger partial charge in [-0.05, 0) is 36.1 Å². The van der Waals surface area contributed by atoms with Gasteiger partial charge in [-0.25, -0.2) is 9.37 Å². The molecule has 22 heavy (non-hydrogen) atoms. The van der Waals surface area contributed by atoms with E-state index in [2.05, 4.69) is 10.3 Å². The number of benzene rings is 1. The van der Waals surface area contributed by atoms with Crippen molar-refractivity contribution in [3.63, 3.8) is 0 Å². The number of amides is 1. The van der Waals surface area contributed by atoms with Crippen LogP contribution in [-0.4, -0.2) is 22.9 Å². The average Bonchev–Trinajstić information content (AvgIpc) is 3.00.